The van der Waals surface area contributed by atoms with E-state index in [4.69, 9.17) is 4.74 Å². The van der Waals surface area contributed by atoms with Crippen LogP contribution in [-0.4, -0.2) is 64.5 Å². The Hall–Kier alpha value is -1.56. The van der Waals surface area contributed by atoms with Crippen LogP contribution in [0, 0.1) is 12.3 Å². The summed E-state index contributed by atoms with van der Waals surface area (Å²) in [5.41, 5.74) is 1.61. The third-order valence-corrected chi connectivity index (χ3v) is 6.42. The van der Waals surface area contributed by atoms with E-state index in [1.807, 2.05) is 18.0 Å². The molecule has 4 rings (SSSR count). The van der Waals surface area contributed by atoms with Crippen LogP contribution in [0.1, 0.15) is 50.6 Å². The molecule has 0 N–H and O–H groups in total. The SMILES string of the molecule is CCOC(=O)N1CCC2(CC(N3CCC(n4cc(C)cn4)CC3)C2)C1. The number of aryl methyl sites for hydroxylation is 1. The van der Waals surface area contributed by atoms with E-state index in [9.17, 15) is 4.79 Å². The van der Waals surface area contributed by atoms with Gasteiger partial charge in [-0.1, -0.05) is 0 Å². The predicted molar refractivity (Wildman–Crippen MR) is 95.5 cm³/mol. The zero-order valence-electron chi connectivity index (χ0n) is 15.5. The minimum absolute atomic E-state index is 0.127. The molecule has 0 aromatic carbocycles. The Labute approximate surface area is 150 Å². The van der Waals surface area contributed by atoms with Crippen LogP contribution >= 0.6 is 0 Å². The highest BCUT2D eigenvalue weighted by Gasteiger charge is 2.51. The van der Waals surface area contributed by atoms with Crippen LogP contribution in [0.5, 0.6) is 0 Å². The maximum Gasteiger partial charge on any atom is 0.409 e. The van der Waals surface area contributed by atoms with Gasteiger partial charge >= 0.3 is 6.09 Å². The molecular weight excluding hydrogens is 316 g/mol. The van der Waals surface area contributed by atoms with Crippen molar-refractivity contribution in [3.05, 3.63) is 18.0 Å². The smallest absolute Gasteiger partial charge is 0.409 e. The molecule has 25 heavy (non-hydrogen) atoms. The second-order valence-corrected chi connectivity index (χ2v) is 8.20. The maximum absolute atomic E-state index is 11.9. The molecule has 2 saturated heterocycles. The summed E-state index contributed by atoms with van der Waals surface area (Å²) < 4.78 is 7.31. The van der Waals surface area contributed by atoms with Crippen LogP contribution in [-0.2, 0) is 4.74 Å². The maximum atomic E-state index is 11.9. The molecule has 0 radical (unpaired) electrons. The number of rotatable bonds is 3. The number of piperidine rings is 1. The Kier molecular flexibility index (Phi) is 4.48. The highest BCUT2D eigenvalue weighted by Crippen LogP contribution is 2.50. The molecule has 3 heterocycles. The van der Waals surface area contributed by atoms with Crippen molar-refractivity contribution in [1.29, 1.82) is 0 Å². The van der Waals surface area contributed by atoms with Crippen LogP contribution in [0.3, 0.4) is 0 Å². The van der Waals surface area contributed by atoms with E-state index in [1.54, 1.807) is 0 Å². The molecule has 1 saturated carbocycles. The number of likely N-dealkylation sites (tertiary alicyclic amines) is 2. The Morgan fingerprint density at radius 3 is 2.68 bits per heavy atom. The average molecular weight is 346 g/mol. The third-order valence-electron chi connectivity index (χ3n) is 6.42. The summed E-state index contributed by atoms with van der Waals surface area (Å²) in [7, 11) is 0. The average Bonchev–Trinajstić information content (AvgIpc) is 3.21. The van der Waals surface area contributed by atoms with Crippen molar-refractivity contribution >= 4 is 6.09 Å². The van der Waals surface area contributed by atoms with Gasteiger partial charge in [-0.2, -0.15) is 5.10 Å². The van der Waals surface area contributed by atoms with Gasteiger partial charge in [0.15, 0.2) is 0 Å². The van der Waals surface area contributed by atoms with E-state index in [0.29, 0.717) is 24.1 Å². The molecule has 1 aliphatic carbocycles. The van der Waals surface area contributed by atoms with Crippen molar-refractivity contribution in [3.8, 4) is 0 Å². The molecule has 0 unspecified atom stereocenters. The summed E-state index contributed by atoms with van der Waals surface area (Å²) in [6, 6.07) is 1.27. The normalized spacial score (nSPS) is 30.6. The Morgan fingerprint density at radius 1 is 1.28 bits per heavy atom. The first-order chi connectivity index (χ1) is 12.1. The van der Waals surface area contributed by atoms with E-state index in [1.165, 1.54) is 44.3 Å². The molecule has 1 spiro atoms. The first kappa shape index (κ1) is 16.9. The molecule has 6 nitrogen and oxygen atoms in total. The van der Waals surface area contributed by atoms with Crippen LogP contribution in [0.25, 0.3) is 0 Å². The highest BCUT2D eigenvalue weighted by atomic mass is 16.6. The Bertz CT molecular complexity index is 615. The Balaban J connectivity index is 1.25. The summed E-state index contributed by atoms with van der Waals surface area (Å²) in [6.45, 7) is 8.55. The van der Waals surface area contributed by atoms with Gasteiger partial charge in [0, 0.05) is 38.4 Å². The molecule has 6 heteroatoms. The fourth-order valence-corrected chi connectivity index (χ4v) is 4.99. The van der Waals surface area contributed by atoms with Crippen LogP contribution < -0.4 is 0 Å². The molecule has 1 aromatic rings. The number of carbonyl (C=O) groups is 1. The van der Waals surface area contributed by atoms with E-state index < -0.39 is 0 Å². The molecule has 3 aliphatic rings. The van der Waals surface area contributed by atoms with E-state index in [-0.39, 0.29) is 6.09 Å². The van der Waals surface area contributed by atoms with Crippen molar-refractivity contribution in [2.45, 2.75) is 58.0 Å². The molecular formula is C19H30N4O2. The predicted octanol–water partition coefficient (Wildman–Crippen LogP) is 2.84. The quantitative estimate of drug-likeness (QED) is 0.844. The highest BCUT2D eigenvalue weighted by molar-refractivity contribution is 5.68. The minimum atomic E-state index is -0.127. The summed E-state index contributed by atoms with van der Waals surface area (Å²) >= 11 is 0. The van der Waals surface area contributed by atoms with Crippen molar-refractivity contribution in [3.63, 3.8) is 0 Å². The van der Waals surface area contributed by atoms with Gasteiger partial charge in [0.25, 0.3) is 0 Å². The van der Waals surface area contributed by atoms with E-state index >= 15 is 0 Å². The van der Waals surface area contributed by atoms with E-state index in [2.05, 4.69) is 27.8 Å². The topological polar surface area (TPSA) is 50.6 Å². The fraction of sp³-hybridized carbons (Fsp3) is 0.789. The van der Waals surface area contributed by atoms with E-state index in [0.717, 1.165) is 19.5 Å². The standard InChI is InChI=1S/C19H30N4O2/c1-3-25-18(24)22-9-6-19(14-22)10-17(11-19)21-7-4-16(5-8-21)23-13-15(2)12-20-23/h12-13,16-17H,3-11,14H2,1-2H3. The Morgan fingerprint density at radius 2 is 2.04 bits per heavy atom. The monoisotopic (exact) mass is 346 g/mol. The lowest BCUT2D eigenvalue weighted by molar-refractivity contribution is -0.00898. The minimum Gasteiger partial charge on any atom is -0.450 e. The lowest BCUT2D eigenvalue weighted by Crippen LogP contribution is -2.54. The van der Waals surface area contributed by atoms with Gasteiger partial charge in [0.2, 0.25) is 0 Å². The van der Waals surface area contributed by atoms with Gasteiger partial charge in [0.1, 0.15) is 0 Å². The van der Waals surface area contributed by atoms with Crippen LogP contribution in [0.2, 0.25) is 0 Å². The van der Waals surface area contributed by atoms with Gasteiger partial charge in [-0.3, -0.25) is 4.68 Å². The van der Waals surface area contributed by atoms with Crippen molar-refractivity contribution in [1.82, 2.24) is 19.6 Å². The van der Waals surface area contributed by atoms with Gasteiger partial charge in [-0.25, -0.2) is 4.79 Å². The number of hydrogen-bond acceptors (Lipinski definition) is 4. The van der Waals surface area contributed by atoms with Crippen LogP contribution in [0.15, 0.2) is 12.4 Å². The molecule has 1 amide bonds. The zero-order chi connectivity index (χ0) is 17.4. The number of carbonyl (C=O) groups excluding carboxylic acids is 1. The zero-order valence-corrected chi connectivity index (χ0v) is 15.5. The largest absolute Gasteiger partial charge is 0.450 e. The third kappa shape index (κ3) is 3.28. The summed E-state index contributed by atoms with van der Waals surface area (Å²) in [5.74, 6) is 0. The fourth-order valence-electron chi connectivity index (χ4n) is 4.99. The van der Waals surface area contributed by atoms with Gasteiger partial charge in [0.05, 0.1) is 18.8 Å². The van der Waals surface area contributed by atoms with Gasteiger partial charge in [-0.05, 0) is 56.9 Å². The molecule has 0 atom stereocenters. The van der Waals surface area contributed by atoms with Crippen molar-refractivity contribution in [2.24, 2.45) is 5.41 Å². The molecule has 3 fully saturated rings. The first-order valence-electron chi connectivity index (χ1n) is 9.75. The molecule has 1 aromatic heterocycles. The van der Waals surface area contributed by atoms with Crippen molar-refractivity contribution < 1.29 is 9.53 Å². The van der Waals surface area contributed by atoms with Gasteiger partial charge in [-0.15, -0.1) is 0 Å². The van der Waals surface area contributed by atoms with Crippen LogP contribution in [0.4, 0.5) is 4.79 Å². The molecule has 0 bridgehead atoms. The number of hydrogen-bond donors (Lipinski definition) is 0. The lowest BCUT2D eigenvalue weighted by Gasteiger charge is -2.51. The number of nitrogens with zero attached hydrogens (tertiary/aromatic N) is 4. The van der Waals surface area contributed by atoms with Crippen molar-refractivity contribution in [2.75, 3.05) is 32.8 Å². The molecule has 2 aliphatic heterocycles. The number of ether oxygens (including phenoxy) is 1. The number of amides is 1. The number of aromatic nitrogens is 2. The summed E-state index contributed by atoms with van der Waals surface area (Å²) in [5, 5.41) is 4.49. The second-order valence-electron chi connectivity index (χ2n) is 8.20. The summed E-state index contributed by atoms with van der Waals surface area (Å²) in [4.78, 5) is 16.5. The second kappa shape index (κ2) is 6.63. The lowest BCUT2D eigenvalue weighted by atomic mass is 9.64. The summed E-state index contributed by atoms with van der Waals surface area (Å²) in [6.07, 6.45) is 10.0. The van der Waals surface area contributed by atoms with Gasteiger partial charge < -0.3 is 14.5 Å². The molecule has 138 valence electrons. The first-order valence-corrected chi connectivity index (χ1v) is 9.75.